The van der Waals surface area contributed by atoms with Crippen LogP contribution in [-0.2, 0) is 0 Å². The van der Waals surface area contributed by atoms with Gasteiger partial charge < -0.3 is 5.41 Å². The van der Waals surface area contributed by atoms with Crippen molar-refractivity contribution in [2.45, 2.75) is 20.3 Å². The Morgan fingerprint density at radius 3 is 2.77 bits per heavy atom. The maximum absolute atomic E-state index is 7.27. The molecule has 0 aliphatic rings. The minimum atomic E-state index is 0.656. The van der Waals surface area contributed by atoms with Crippen LogP contribution >= 0.6 is 0 Å². The molecule has 68 valence electrons. The molecule has 13 heavy (non-hydrogen) atoms. The van der Waals surface area contributed by atoms with Crippen LogP contribution in [0.1, 0.15) is 26.0 Å². The van der Waals surface area contributed by atoms with Crippen molar-refractivity contribution in [2.75, 3.05) is 0 Å². The van der Waals surface area contributed by atoms with Crippen LogP contribution in [0.4, 0.5) is 0 Å². The fourth-order valence-electron chi connectivity index (χ4n) is 0.913. The molecule has 1 N–H and O–H groups in total. The lowest BCUT2D eigenvalue weighted by molar-refractivity contribution is 1.16. The second kappa shape index (κ2) is 4.50. The van der Waals surface area contributed by atoms with Crippen molar-refractivity contribution in [2.24, 2.45) is 0 Å². The van der Waals surface area contributed by atoms with E-state index >= 15 is 0 Å². The summed E-state index contributed by atoms with van der Waals surface area (Å²) in [6.45, 7) is 3.77. The van der Waals surface area contributed by atoms with Crippen molar-refractivity contribution in [3.05, 3.63) is 30.4 Å². The summed E-state index contributed by atoms with van der Waals surface area (Å²) in [6, 6.07) is 0. The van der Waals surface area contributed by atoms with Crippen LogP contribution in [0.15, 0.2) is 24.7 Å². The third-order valence-electron chi connectivity index (χ3n) is 1.68. The Balaban J connectivity index is 2.73. The smallest absolute Gasteiger partial charge is 0.0838 e. The number of allylic oxidation sites excluding steroid dienone is 2. The van der Waals surface area contributed by atoms with Crippen LogP contribution in [-0.4, -0.2) is 15.7 Å². The lowest BCUT2D eigenvalue weighted by atomic mass is 10.1. The van der Waals surface area contributed by atoms with Crippen LogP contribution in [0.2, 0.25) is 0 Å². The summed E-state index contributed by atoms with van der Waals surface area (Å²) in [6.07, 6.45) is 7.72. The maximum atomic E-state index is 7.27. The second-order valence-corrected chi connectivity index (χ2v) is 2.96. The molecule has 0 saturated heterocycles. The van der Waals surface area contributed by atoms with E-state index in [2.05, 4.69) is 9.97 Å². The van der Waals surface area contributed by atoms with Gasteiger partial charge in [0.1, 0.15) is 0 Å². The van der Waals surface area contributed by atoms with Crippen LogP contribution in [0.5, 0.6) is 0 Å². The molecule has 0 aliphatic heterocycles. The Bertz CT molecular complexity index is 314. The number of hydrogen-bond acceptors (Lipinski definition) is 3. The van der Waals surface area contributed by atoms with E-state index in [9.17, 15) is 0 Å². The lowest BCUT2D eigenvalue weighted by Gasteiger charge is -1.98. The first-order chi connectivity index (χ1) is 6.20. The number of nitrogens with one attached hydrogen (secondary N) is 1. The van der Waals surface area contributed by atoms with Gasteiger partial charge in [-0.1, -0.05) is 6.08 Å². The predicted octanol–water partition coefficient (Wildman–Crippen LogP) is 2.31. The predicted molar refractivity (Wildman–Crippen MR) is 53.7 cm³/mol. The van der Waals surface area contributed by atoms with E-state index in [0.29, 0.717) is 12.1 Å². The third kappa shape index (κ3) is 3.15. The van der Waals surface area contributed by atoms with Crippen LogP contribution in [0.3, 0.4) is 0 Å². The molecule has 0 atom stereocenters. The van der Waals surface area contributed by atoms with Crippen molar-refractivity contribution in [3.63, 3.8) is 0 Å². The summed E-state index contributed by atoms with van der Waals surface area (Å²) in [5.41, 5.74) is 2.60. The van der Waals surface area contributed by atoms with Gasteiger partial charge in [0.25, 0.3) is 0 Å². The van der Waals surface area contributed by atoms with Crippen molar-refractivity contribution in [1.82, 2.24) is 9.97 Å². The molecule has 1 aromatic rings. The molecule has 0 radical (unpaired) electrons. The Morgan fingerprint density at radius 2 is 2.23 bits per heavy atom. The molecular weight excluding hydrogens is 162 g/mol. The molecule has 0 aliphatic carbocycles. The Labute approximate surface area is 78.1 Å². The minimum Gasteiger partial charge on any atom is -0.310 e. The van der Waals surface area contributed by atoms with Gasteiger partial charge in [-0.15, -0.1) is 0 Å². The minimum absolute atomic E-state index is 0.656. The summed E-state index contributed by atoms with van der Waals surface area (Å²) < 4.78 is 0. The molecule has 1 rings (SSSR count). The Kier molecular flexibility index (Phi) is 3.31. The first-order valence-corrected chi connectivity index (χ1v) is 4.17. The average Bonchev–Trinajstić information content (AvgIpc) is 2.15. The molecule has 0 unspecified atom stereocenters. The van der Waals surface area contributed by atoms with E-state index in [1.165, 1.54) is 0 Å². The van der Waals surface area contributed by atoms with Gasteiger partial charge in [0.2, 0.25) is 0 Å². The van der Waals surface area contributed by atoms with Crippen molar-refractivity contribution >= 4 is 11.3 Å². The molecule has 0 amide bonds. The van der Waals surface area contributed by atoms with Gasteiger partial charge >= 0.3 is 0 Å². The summed E-state index contributed by atoms with van der Waals surface area (Å²) in [4.78, 5) is 8.13. The molecule has 1 aromatic heterocycles. The zero-order chi connectivity index (χ0) is 9.68. The quantitative estimate of drug-likeness (QED) is 0.716. The highest BCUT2D eigenvalue weighted by Gasteiger charge is 1.95. The van der Waals surface area contributed by atoms with Gasteiger partial charge in [-0.25, -0.2) is 0 Å². The second-order valence-electron chi connectivity index (χ2n) is 2.96. The highest BCUT2D eigenvalue weighted by molar-refractivity contribution is 5.81. The molecular formula is C10H13N3. The van der Waals surface area contributed by atoms with Crippen molar-refractivity contribution in [3.8, 4) is 0 Å². The van der Waals surface area contributed by atoms with E-state index in [1.54, 1.807) is 25.5 Å². The summed E-state index contributed by atoms with van der Waals surface area (Å²) in [5, 5.41) is 7.27. The van der Waals surface area contributed by atoms with Crippen LogP contribution in [0.25, 0.3) is 5.57 Å². The molecule has 3 nitrogen and oxygen atoms in total. The molecule has 0 spiro atoms. The van der Waals surface area contributed by atoms with Crippen molar-refractivity contribution in [1.29, 1.82) is 5.41 Å². The van der Waals surface area contributed by atoms with E-state index in [-0.39, 0.29) is 0 Å². The number of rotatable bonds is 3. The summed E-state index contributed by atoms with van der Waals surface area (Å²) >= 11 is 0. The first kappa shape index (κ1) is 9.58. The average molecular weight is 175 g/mol. The topological polar surface area (TPSA) is 49.6 Å². The zero-order valence-electron chi connectivity index (χ0n) is 7.91. The van der Waals surface area contributed by atoms with E-state index in [1.807, 2.05) is 13.0 Å². The van der Waals surface area contributed by atoms with Gasteiger partial charge in [-0.05, 0) is 19.4 Å². The first-order valence-electron chi connectivity index (χ1n) is 4.17. The van der Waals surface area contributed by atoms with Gasteiger partial charge in [0.05, 0.1) is 11.9 Å². The van der Waals surface area contributed by atoms with Crippen LogP contribution < -0.4 is 0 Å². The number of hydrogen-bond donors (Lipinski definition) is 1. The monoisotopic (exact) mass is 175 g/mol. The highest BCUT2D eigenvalue weighted by atomic mass is 14.8. The SMILES string of the molecule is CC(=N)C/C=C(\C)c1cnccn1. The normalized spacial score (nSPS) is 11.4. The Morgan fingerprint density at radius 1 is 1.46 bits per heavy atom. The van der Waals surface area contributed by atoms with Gasteiger partial charge in [0.15, 0.2) is 0 Å². The Hall–Kier alpha value is -1.51. The molecule has 0 aromatic carbocycles. The van der Waals surface area contributed by atoms with E-state index in [0.717, 1.165) is 11.3 Å². The van der Waals surface area contributed by atoms with Crippen LogP contribution in [0, 0.1) is 5.41 Å². The van der Waals surface area contributed by atoms with E-state index < -0.39 is 0 Å². The van der Waals surface area contributed by atoms with Gasteiger partial charge in [0, 0.05) is 24.5 Å². The van der Waals surface area contributed by atoms with Gasteiger partial charge in [-0.3, -0.25) is 9.97 Å². The van der Waals surface area contributed by atoms with E-state index in [4.69, 9.17) is 5.41 Å². The molecule has 3 heteroatoms. The maximum Gasteiger partial charge on any atom is 0.0838 e. The molecule has 0 fully saturated rings. The number of aromatic nitrogens is 2. The standard InChI is InChI=1S/C10H13N3/c1-8(3-4-9(2)11)10-7-12-5-6-13-10/h3,5-7,11H,4H2,1-2H3/b8-3+,11-9?. The summed E-state index contributed by atoms with van der Waals surface area (Å²) in [5.74, 6) is 0. The zero-order valence-corrected chi connectivity index (χ0v) is 7.91. The highest BCUT2D eigenvalue weighted by Crippen LogP contribution is 2.09. The largest absolute Gasteiger partial charge is 0.310 e. The molecule has 0 saturated carbocycles. The van der Waals surface area contributed by atoms with Crippen molar-refractivity contribution < 1.29 is 0 Å². The fourth-order valence-corrected chi connectivity index (χ4v) is 0.913. The van der Waals surface area contributed by atoms with Gasteiger partial charge in [-0.2, -0.15) is 0 Å². The third-order valence-corrected chi connectivity index (χ3v) is 1.68. The fraction of sp³-hybridized carbons (Fsp3) is 0.300. The lowest BCUT2D eigenvalue weighted by Crippen LogP contribution is -1.89. The molecule has 1 heterocycles. The number of nitrogens with zero attached hydrogens (tertiary/aromatic N) is 2. The summed E-state index contributed by atoms with van der Waals surface area (Å²) in [7, 11) is 0. The molecule has 0 bridgehead atoms.